The summed E-state index contributed by atoms with van der Waals surface area (Å²) in [5.74, 6) is 0.658. The maximum Gasteiger partial charge on any atom is 0.292 e. The number of nitrogens with zero attached hydrogens (tertiary/aromatic N) is 5. The van der Waals surface area contributed by atoms with Gasteiger partial charge in [0.25, 0.3) is 11.7 Å². The molecule has 0 aliphatic rings. The molecule has 3 aromatic rings. The Bertz CT molecular complexity index is 813. The van der Waals surface area contributed by atoms with Crippen LogP contribution in [0.4, 0.5) is 0 Å². The van der Waals surface area contributed by atoms with Gasteiger partial charge in [-0.2, -0.15) is 4.98 Å². The van der Waals surface area contributed by atoms with E-state index in [0.717, 1.165) is 5.69 Å². The van der Waals surface area contributed by atoms with Crippen LogP contribution in [0.15, 0.2) is 39.5 Å². The first-order chi connectivity index (χ1) is 11.7. The van der Waals surface area contributed by atoms with Crippen molar-refractivity contribution in [3.63, 3.8) is 0 Å². The van der Waals surface area contributed by atoms with Crippen molar-refractivity contribution < 1.29 is 13.8 Å². The van der Waals surface area contributed by atoms with Crippen molar-refractivity contribution in [3.8, 4) is 11.4 Å². The minimum absolute atomic E-state index is 0.0120. The van der Waals surface area contributed by atoms with Crippen LogP contribution < -0.4 is 5.32 Å². The molecule has 3 rings (SSSR count). The molecule has 0 spiro atoms. The predicted molar refractivity (Wildman–Crippen MR) is 82.6 cm³/mol. The van der Waals surface area contributed by atoms with E-state index >= 15 is 0 Å². The summed E-state index contributed by atoms with van der Waals surface area (Å²) in [6, 6.07) is 7.44. The van der Waals surface area contributed by atoms with Crippen molar-refractivity contribution in [1.82, 2.24) is 30.5 Å². The number of hydrogen-bond acceptors (Lipinski definition) is 8. The fourth-order valence-electron chi connectivity index (χ4n) is 2.10. The summed E-state index contributed by atoms with van der Waals surface area (Å²) < 4.78 is 10.4. The van der Waals surface area contributed by atoms with Gasteiger partial charge in [-0.3, -0.25) is 14.7 Å². The summed E-state index contributed by atoms with van der Waals surface area (Å²) >= 11 is 0. The van der Waals surface area contributed by atoms with Gasteiger partial charge < -0.3 is 14.4 Å². The van der Waals surface area contributed by atoms with Crippen molar-refractivity contribution in [2.75, 3.05) is 14.1 Å². The molecular formula is C15H16N6O3. The molecule has 0 radical (unpaired) electrons. The van der Waals surface area contributed by atoms with Crippen molar-refractivity contribution in [1.29, 1.82) is 0 Å². The molecule has 0 unspecified atom stereocenters. The lowest BCUT2D eigenvalue weighted by Crippen LogP contribution is -2.20. The highest BCUT2D eigenvalue weighted by Crippen LogP contribution is 2.17. The summed E-state index contributed by atoms with van der Waals surface area (Å²) in [7, 11) is 3.38. The van der Waals surface area contributed by atoms with Crippen LogP contribution >= 0.6 is 0 Å². The number of carbonyl (C=O) groups is 1. The number of pyridine rings is 1. The Kier molecular flexibility index (Phi) is 4.62. The van der Waals surface area contributed by atoms with Crippen LogP contribution in [-0.4, -0.2) is 45.2 Å². The maximum absolute atomic E-state index is 11.4. The van der Waals surface area contributed by atoms with Gasteiger partial charge in [0.1, 0.15) is 5.69 Å². The molecule has 124 valence electrons. The van der Waals surface area contributed by atoms with Gasteiger partial charge in [-0.1, -0.05) is 16.4 Å². The average Bonchev–Trinajstić information content (AvgIpc) is 3.24. The quantitative estimate of drug-likeness (QED) is 0.716. The Morgan fingerprint density at radius 3 is 2.83 bits per heavy atom. The second kappa shape index (κ2) is 7.01. The molecule has 0 bridgehead atoms. The van der Waals surface area contributed by atoms with E-state index in [2.05, 4.69) is 25.6 Å². The number of carbonyl (C=O) groups excluding carboxylic acids is 1. The molecule has 3 aromatic heterocycles. The standard InChI is InChI=1S/C15H16N6O3/c1-16-15(22)14-18-13(24-20-14)9-21(2)8-10-7-12(19-23-10)11-5-3-4-6-17-11/h3-7H,8-9H2,1-2H3,(H,16,22). The van der Waals surface area contributed by atoms with E-state index in [-0.39, 0.29) is 11.7 Å². The molecule has 1 amide bonds. The molecule has 0 aromatic carbocycles. The molecule has 1 N–H and O–H groups in total. The summed E-state index contributed by atoms with van der Waals surface area (Å²) in [6.45, 7) is 0.876. The van der Waals surface area contributed by atoms with Gasteiger partial charge in [-0.15, -0.1) is 0 Å². The highest BCUT2D eigenvalue weighted by molar-refractivity contribution is 5.89. The zero-order valence-electron chi connectivity index (χ0n) is 13.3. The Morgan fingerprint density at radius 1 is 1.21 bits per heavy atom. The average molecular weight is 328 g/mol. The second-order valence-corrected chi connectivity index (χ2v) is 5.16. The lowest BCUT2D eigenvalue weighted by molar-refractivity contribution is 0.0950. The van der Waals surface area contributed by atoms with Crippen LogP contribution in [-0.2, 0) is 13.1 Å². The van der Waals surface area contributed by atoms with E-state index in [1.807, 2.05) is 36.2 Å². The highest BCUT2D eigenvalue weighted by Gasteiger charge is 2.15. The highest BCUT2D eigenvalue weighted by atomic mass is 16.5. The van der Waals surface area contributed by atoms with Crippen LogP contribution in [0, 0.1) is 0 Å². The summed E-state index contributed by atoms with van der Waals surface area (Å²) in [5.41, 5.74) is 1.43. The van der Waals surface area contributed by atoms with E-state index < -0.39 is 0 Å². The molecule has 9 nitrogen and oxygen atoms in total. The normalized spacial score (nSPS) is 11.0. The molecule has 0 atom stereocenters. The summed E-state index contributed by atoms with van der Waals surface area (Å²) in [4.78, 5) is 21.6. The van der Waals surface area contributed by atoms with Gasteiger partial charge in [0.2, 0.25) is 5.89 Å². The monoisotopic (exact) mass is 328 g/mol. The molecule has 24 heavy (non-hydrogen) atoms. The molecule has 3 heterocycles. The van der Waals surface area contributed by atoms with Crippen molar-refractivity contribution in [3.05, 3.63) is 47.9 Å². The first-order valence-electron chi connectivity index (χ1n) is 7.26. The molecular weight excluding hydrogens is 312 g/mol. The van der Waals surface area contributed by atoms with Gasteiger partial charge >= 0.3 is 0 Å². The topological polar surface area (TPSA) is 110 Å². The number of rotatable bonds is 6. The van der Waals surface area contributed by atoms with Gasteiger partial charge in [-0.25, -0.2) is 0 Å². The first kappa shape index (κ1) is 15.8. The van der Waals surface area contributed by atoms with E-state index in [1.165, 1.54) is 7.05 Å². The number of nitrogens with one attached hydrogen (secondary N) is 1. The smallest absolute Gasteiger partial charge is 0.292 e. The molecule has 0 saturated heterocycles. The Hall–Kier alpha value is -3.07. The number of hydrogen-bond donors (Lipinski definition) is 1. The molecule has 0 fully saturated rings. The lowest BCUT2D eigenvalue weighted by Gasteiger charge is -2.10. The van der Waals surface area contributed by atoms with Crippen molar-refractivity contribution in [2.24, 2.45) is 0 Å². The molecule has 9 heteroatoms. The van der Waals surface area contributed by atoms with Crippen LogP contribution in [0.5, 0.6) is 0 Å². The zero-order chi connectivity index (χ0) is 16.9. The van der Waals surface area contributed by atoms with E-state index in [1.54, 1.807) is 6.20 Å². The summed E-state index contributed by atoms with van der Waals surface area (Å²) in [5, 5.41) is 10.1. The van der Waals surface area contributed by atoms with Gasteiger partial charge in [0.15, 0.2) is 5.76 Å². The third-order valence-electron chi connectivity index (χ3n) is 3.22. The Morgan fingerprint density at radius 2 is 2.08 bits per heavy atom. The van der Waals surface area contributed by atoms with Gasteiger partial charge in [0.05, 0.1) is 18.8 Å². The third kappa shape index (κ3) is 3.63. The van der Waals surface area contributed by atoms with Crippen LogP contribution in [0.25, 0.3) is 11.4 Å². The largest absolute Gasteiger partial charge is 0.359 e. The van der Waals surface area contributed by atoms with Crippen LogP contribution in [0.2, 0.25) is 0 Å². The van der Waals surface area contributed by atoms with E-state index in [9.17, 15) is 4.79 Å². The summed E-state index contributed by atoms with van der Waals surface area (Å²) in [6.07, 6.45) is 1.70. The minimum Gasteiger partial charge on any atom is -0.359 e. The van der Waals surface area contributed by atoms with Crippen LogP contribution in [0.3, 0.4) is 0 Å². The Labute approximate surface area is 137 Å². The molecule has 0 aliphatic heterocycles. The number of amides is 1. The van der Waals surface area contributed by atoms with Crippen molar-refractivity contribution in [2.45, 2.75) is 13.1 Å². The van der Waals surface area contributed by atoms with E-state index in [4.69, 9.17) is 9.05 Å². The fraction of sp³-hybridized carbons (Fsp3) is 0.267. The fourth-order valence-corrected chi connectivity index (χ4v) is 2.10. The minimum atomic E-state index is -0.386. The SMILES string of the molecule is CNC(=O)c1noc(CN(C)Cc2cc(-c3ccccn3)no2)n1. The lowest BCUT2D eigenvalue weighted by atomic mass is 10.2. The van der Waals surface area contributed by atoms with Crippen molar-refractivity contribution >= 4 is 5.91 Å². The number of aromatic nitrogens is 4. The maximum atomic E-state index is 11.4. The van der Waals surface area contributed by atoms with E-state index in [0.29, 0.717) is 30.4 Å². The third-order valence-corrected chi connectivity index (χ3v) is 3.22. The Balaban J connectivity index is 1.61. The first-order valence-corrected chi connectivity index (χ1v) is 7.26. The molecule has 0 aliphatic carbocycles. The molecule has 0 saturated carbocycles. The predicted octanol–water partition coefficient (Wildman–Crippen LogP) is 1.11. The second-order valence-electron chi connectivity index (χ2n) is 5.16. The van der Waals surface area contributed by atoms with Crippen LogP contribution in [0.1, 0.15) is 22.3 Å². The van der Waals surface area contributed by atoms with Gasteiger partial charge in [-0.05, 0) is 19.2 Å². The van der Waals surface area contributed by atoms with Gasteiger partial charge in [0, 0.05) is 19.3 Å². The zero-order valence-corrected chi connectivity index (χ0v) is 13.3.